The molecule has 0 aliphatic heterocycles. The van der Waals surface area contributed by atoms with Crippen LogP contribution in [0.3, 0.4) is 0 Å². The average molecular weight is 279 g/mol. The van der Waals surface area contributed by atoms with Gasteiger partial charge in [0.15, 0.2) is 0 Å². The van der Waals surface area contributed by atoms with Crippen molar-refractivity contribution in [1.82, 2.24) is 5.32 Å². The second kappa shape index (κ2) is 7.20. The van der Waals surface area contributed by atoms with Gasteiger partial charge < -0.3 is 10.1 Å². The van der Waals surface area contributed by atoms with Gasteiger partial charge in [0.1, 0.15) is 5.75 Å². The summed E-state index contributed by atoms with van der Waals surface area (Å²) in [7, 11) is 0. The molecular formula is C16H25NOS. The molecule has 0 radical (unpaired) electrons. The third-order valence-electron chi connectivity index (χ3n) is 3.96. The molecule has 106 valence electrons. The molecule has 1 aromatic rings. The van der Waals surface area contributed by atoms with E-state index in [0.29, 0.717) is 4.75 Å². The van der Waals surface area contributed by atoms with Gasteiger partial charge in [-0.1, -0.05) is 25.0 Å². The number of nitrogens with one attached hydrogen (secondary N) is 1. The van der Waals surface area contributed by atoms with E-state index in [2.05, 4.69) is 35.8 Å². The van der Waals surface area contributed by atoms with Gasteiger partial charge in [0.2, 0.25) is 0 Å². The minimum atomic E-state index is 0.491. The summed E-state index contributed by atoms with van der Waals surface area (Å²) < 4.78 is 5.95. The predicted octanol–water partition coefficient (Wildman–Crippen LogP) is 3.85. The fourth-order valence-corrected chi connectivity index (χ4v) is 3.72. The number of hydrogen-bond acceptors (Lipinski definition) is 3. The summed E-state index contributed by atoms with van der Waals surface area (Å²) in [6.45, 7) is 4.82. The molecule has 2 rings (SSSR count). The fraction of sp³-hybridized carbons (Fsp3) is 0.625. The van der Waals surface area contributed by atoms with Crippen LogP contribution in [0.15, 0.2) is 24.3 Å². The maximum absolute atomic E-state index is 5.46. The number of benzene rings is 1. The van der Waals surface area contributed by atoms with Crippen LogP contribution in [0.2, 0.25) is 0 Å². The van der Waals surface area contributed by atoms with Gasteiger partial charge in [-0.15, -0.1) is 0 Å². The van der Waals surface area contributed by atoms with Gasteiger partial charge in [-0.3, -0.25) is 0 Å². The van der Waals surface area contributed by atoms with E-state index in [1.165, 1.54) is 31.2 Å². The lowest BCUT2D eigenvalue weighted by Gasteiger charge is -2.27. The summed E-state index contributed by atoms with van der Waals surface area (Å²) in [6.07, 6.45) is 7.77. The van der Waals surface area contributed by atoms with Crippen LogP contribution in [-0.4, -0.2) is 24.2 Å². The summed E-state index contributed by atoms with van der Waals surface area (Å²) in [5.41, 5.74) is 1.33. The first-order valence-electron chi connectivity index (χ1n) is 7.25. The van der Waals surface area contributed by atoms with Crippen molar-refractivity contribution in [2.45, 2.75) is 43.9 Å². The molecule has 1 aliphatic rings. The van der Waals surface area contributed by atoms with Crippen molar-refractivity contribution in [3.05, 3.63) is 29.8 Å². The highest BCUT2D eigenvalue weighted by atomic mass is 32.2. The van der Waals surface area contributed by atoms with E-state index in [4.69, 9.17) is 4.74 Å². The smallest absolute Gasteiger partial charge is 0.119 e. The van der Waals surface area contributed by atoms with E-state index in [1.807, 2.05) is 18.7 Å². The topological polar surface area (TPSA) is 21.3 Å². The zero-order valence-electron chi connectivity index (χ0n) is 12.1. The highest BCUT2D eigenvalue weighted by Crippen LogP contribution is 2.39. The number of rotatable bonds is 7. The normalized spacial score (nSPS) is 17.6. The second-order valence-electron chi connectivity index (χ2n) is 5.27. The van der Waals surface area contributed by atoms with Crippen LogP contribution in [0.25, 0.3) is 0 Å². The molecule has 2 nitrogen and oxygen atoms in total. The van der Waals surface area contributed by atoms with Gasteiger partial charge in [0.05, 0.1) is 6.61 Å². The minimum Gasteiger partial charge on any atom is -0.494 e. The van der Waals surface area contributed by atoms with Crippen molar-refractivity contribution in [2.75, 3.05) is 19.4 Å². The standard InChI is InChI=1S/C16H25NOS/c1-3-18-15-8-6-14(7-9-15)12-17-13-16(19-2)10-4-5-11-16/h6-9,17H,3-5,10-13H2,1-2H3. The van der Waals surface area contributed by atoms with Crippen molar-refractivity contribution >= 4 is 11.8 Å². The lowest BCUT2D eigenvalue weighted by molar-refractivity contribution is 0.340. The largest absolute Gasteiger partial charge is 0.494 e. The highest BCUT2D eigenvalue weighted by molar-refractivity contribution is 8.00. The van der Waals surface area contributed by atoms with Gasteiger partial charge >= 0.3 is 0 Å². The maximum atomic E-state index is 5.46. The Morgan fingerprint density at radius 3 is 2.47 bits per heavy atom. The van der Waals surface area contributed by atoms with Gasteiger partial charge in [-0.25, -0.2) is 0 Å². The summed E-state index contributed by atoms with van der Waals surface area (Å²) in [4.78, 5) is 0. The van der Waals surface area contributed by atoms with E-state index in [1.54, 1.807) is 0 Å². The molecule has 1 aromatic carbocycles. The van der Waals surface area contributed by atoms with E-state index >= 15 is 0 Å². The molecule has 1 fully saturated rings. The van der Waals surface area contributed by atoms with Gasteiger partial charge in [0.25, 0.3) is 0 Å². The van der Waals surface area contributed by atoms with E-state index in [0.717, 1.165) is 25.4 Å². The molecule has 1 aliphatic carbocycles. The first-order valence-corrected chi connectivity index (χ1v) is 8.48. The molecular weight excluding hydrogens is 254 g/mol. The second-order valence-corrected chi connectivity index (χ2v) is 6.55. The van der Waals surface area contributed by atoms with E-state index in [-0.39, 0.29) is 0 Å². The first kappa shape index (κ1) is 14.7. The van der Waals surface area contributed by atoms with Crippen LogP contribution in [0.5, 0.6) is 5.75 Å². The Morgan fingerprint density at radius 1 is 1.21 bits per heavy atom. The fourth-order valence-electron chi connectivity index (χ4n) is 2.78. The molecule has 0 amide bonds. The summed E-state index contributed by atoms with van der Waals surface area (Å²) in [5, 5.41) is 3.63. The first-order chi connectivity index (χ1) is 9.28. The quantitative estimate of drug-likeness (QED) is 0.819. The molecule has 0 atom stereocenters. The van der Waals surface area contributed by atoms with Crippen LogP contribution >= 0.6 is 11.8 Å². The summed E-state index contributed by atoms with van der Waals surface area (Å²) >= 11 is 2.04. The molecule has 0 spiro atoms. The van der Waals surface area contributed by atoms with Crippen molar-refractivity contribution in [2.24, 2.45) is 0 Å². The number of thioether (sulfide) groups is 1. The molecule has 0 bridgehead atoms. The minimum absolute atomic E-state index is 0.491. The molecule has 1 N–H and O–H groups in total. The van der Waals surface area contributed by atoms with Crippen LogP contribution < -0.4 is 10.1 Å². The van der Waals surface area contributed by atoms with Crippen LogP contribution in [0.4, 0.5) is 0 Å². The van der Waals surface area contributed by atoms with Crippen molar-refractivity contribution in [1.29, 1.82) is 0 Å². The molecule has 0 aromatic heterocycles. The summed E-state index contributed by atoms with van der Waals surface area (Å²) in [6, 6.07) is 8.41. The predicted molar refractivity (Wildman–Crippen MR) is 84.0 cm³/mol. The molecule has 19 heavy (non-hydrogen) atoms. The Morgan fingerprint density at radius 2 is 1.89 bits per heavy atom. The Hall–Kier alpha value is -0.670. The zero-order chi connectivity index (χ0) is 13.6. The Kier molecular flexibility index (Phi) is 5.59. The average Bonchev–Trinajstić information content (AvgIpc) is 2.91. The van der Waals surface area contributed by atoms with Crippen LogP contribution in [0, 0.1) is 0 Å². The Bertz CT molecular complexity index is 371. The Balaban J connectivity index is 1.78. The number of ether oxygens (including phenoxy) is 1. The van der Waals surface area contributed by atoms with Crippen LogP contribution in [-0.2, 0) is 6.54 Å². The SMILES string of the molecule is CCOc1ccc(CNCC2(SC)CCCC2)cc1. The maximum Gasteiger partial charge on any atom is 0.119 e. The van der Waals surface area contributed by atoms with Crippen molar-refractivity contribution in [3.63, 3.8) is 0 Å². The molecule has 1 saturated carbocycles. The molecule has 0 unspecified atom stereocenters. The zero-order valence-corrected chi connectivity index (χ0v) is 12.9. The van der Waals surface area contributed by atoms with Crippen LogP contribution in [0.1, 0.15) is 38.2 Å². The number of hydrogen-bond donors (Lipinski definition) is 1. The lowest BCUT2D eigenvalue weighted by Crippen LogP contribution is -2.34. The van der Waals surface area contributed by atoms with Gasteiger partial charge in [0, 0.05) is 17.8 Å². The molecule has 3 heteroatoms. The molecule has 0 saturated heterocycles. The van der Waals surface area contributed by atoms with Gasteiger partial charge in [-0.2, -0.15) is 11.8 Å². The van der Waals surface area contributed by atoms with Crippen molar-refractivity contribution < 1.29 is 4.74 Å². The monoisotopic (exact) mass is 279 g/mol. The highest BCUT2D eigenvalue weighted by Gasteiger charge is 2.32. The lowest BCUT2D eigenvalue weighted by atomic mass is 10.1. The third-order valence-corrected chi connectivity index (χ3v) is 5.38. The van der Waals surface area contributed by atoms with Gasteiger partial charge in [-0.05, 0) is 43.7 Å². The summed E-state index contributed by atoms with van der Waals surface area (Å²) in [5.74, 6) is 0.961. The third kappa shape index (κ3) is 4.15. The van der Waals surface area contributed by atoms with E-state index < -0.39 is 0 Å². The van der Waals surface area contributed by atoms with E-state index in [9.17, 15) is 0 Å². The molecule has 0 heterocycles. The Labute approximate surface area is 121 Å². The van der Waals surface area contributed by atoms with Crippen molar-refractivity contribution in [3.8, 4) is 5.75 Å².